The SMILES string of the molecule is C/C=C(NC1CCC1)\C(=C/NC/C(C=N)=C1\N=CC(C)=CN1)C(N)=O. The van der Waals surface area contributed by atoms with Gasteiger partial charge in [-0.05, 0) is 38.7 Å². The smallest absolute Gasteiger partial charge is 0.252 e. The van der Waals surface area contributed by atoms with E-state index in [4.69, 9.17) is 11.1 Å². The number of amides is 1. The molecule has 0 radical (unpaired) electrons. The highest BCUT2D eigenvalue weighted by atomic mass is 16.1. The number of primary amides is 1. The summed E-state index contributed by atoms with van der Waals surface area (Å²) in [6.45, 7) is 4.16. The average Bonchev–Trinajstić information content (AvgIpc) is 2.56. The largest absolute Gasteiger partial charge is 0.386 e. The Morgan fingerprint density at radius 2 is 2.28 bits per heavy atom. The molecule has 1 saturated carbocycles. The number of carbonyl (C=O) groups excluding carboxylic acids is 1. The lowest BCUT2D eigenvalue weighted by Gasteiger charge is -2.29. The van der Waals surface area contributed by atoms with Crippen molar-refractivity contribution in [1.82, 2.24) is 16.0 Å². The second kappa shape index (κ2) is 8.86. The van der Waals surface area contributed by atoms with E-state index in [9.17, 15) is 4.79 Å². The van der Waals surface area contributed by atoms with Crippen molar-refractivity contribution in [3.8, 4) is 0 Å². The van der Waals surface area contributed by atoms with E-state index in [2.05, 4.69) is 20.9 Å². The monoisotopic (exact) mass is 342 g/mol. The summed E-state index contributed by atoms with van der Waals surface area (Å²) in [5, 5.41) is 17.0. The van der Waals surface area contributed by atoms with Gasteiger partial charge in [0.15, 0.2) is 0 Å². The molecule has 2 rings (SSSR count). The molecule has 1 fully saturated rings. The molecule has 25 heavy (non-hydrogen) atoms. The fourth-order valence-electron chi connectivity index (χ4n) is 2.44. The molecule has 0 spiro atoms. The van der Waals surface area contributed by atoms with E-state index in [0.29, 0.717) is 29.6 Å². The molecular formula is C18H26N6O. The third kappa shape index (κ3) is 5.07. The van der Waals surface area contributed by atoms with Gasteiger partial charge >= 0.3 is 0 Å². The van der Waals surface area contributed by atoms with Crippen molar-refractivity contribution < 1.29 is 4.79 Å². The van der Waals surface area contributed by atoms with E-state index >= 15 is 0 Å². The molecule has 0 aromatic carbocycles. The van der Waals surface area contributed by atoms with Crippen molar-refractivity contribution in [3.63, 3.8) is 0 Å². The number of nitrogens with two attached hydrogens (primary N) is 1. The summed E-state index contributed by atoms with van der Waals surface area (Å²) >= 11 is 0. The number of aliphatic imine (C=N–C) groups is 1. The first-order chi connectivity index (χ1) is 12.0. The van der Waals surface area contributed by atoms with Crippen LogP contribution < -0.4 is 21.7 Å². The Hall–Kier alpha value is -2.83. The second-order valence-electron chi connectivity index (χ2n) is 6.09. The van der Waals surface area contributed by atoms with E-state index in [1.165, 1.54) is 12.6 Å². The minimum absolute atomic E-state index is 0.354. The van der Waals surface area contributed by atoms with Crippen LogP contribution in [0.5, 0.6) is 0 Å². The topological polar surface area (TPSA) is 115 Å². The van der Waals surface area contributed by atoms with Crippen LogP contribution in [0.2, 0.25) is 0 Å². The zero-order chi connectivity index (χ0) is 18.2. The van der Waals surface area contributed by atoms with Gasteiger partial charge in [-0.15, -0.1) is 0 Å². The molecule has 0 unspecified atom stereocenters. The lowest BCUT2D eigenvalue weighted by Crippen LogP contribution is -2.37. The summed E-state index contributed by atoms with van der Waals surface area (Å²) in [7, 11) is 0. The Kier molecular flexibility index (Phi) is 6.56. The van der Waals surface area contributed by atoms with Crippen LogP contribution >= 0.6 is 0 Å². The molecule has 134 valence electrons. The Labute approximate surface area is 148 Å². The normalized spacial score (nSPS) is 20.2. The Morgan fingerprint density at radius 1 is 1.52 bits per heavy atom. The van der Waals surface area contributed by atoms with E-state index in [-0.39, 0.29) is 0 Å². The molecule has 0 saturated heterocycles. The van der Waals surface area contributed by atoms with Crippen LogP contribution in [-0.4, -0.2) is 30.9 Å². The summed E-state index contributed by atoms with van der Waals surface area (Å²) in [5.41, 5.74) is 8.35. The molecule has 7 heteroatoms. The number of nitrogens with zero attached hydrogens (tertiary/aromatic N) is 1. The van der Waals surface area contributed by atoms with Crippen LogP contribution in [0.3, 0.4) is 0 Å². The van der Waals surface area contributed by atoms with Crippen LogP contribution in [0.15, 0.2) is 51.7 Å². The van der Waals surface area contributed by atoms with Crippen LogP contribution in [-0.2, 0) is 4.79 Å². The van der Waals surface area contributed by atoms with E-state index < -0.39 is 5.91 Å². The molecule has 0 aromatic heterocycles. The van der Waals surface area contributed by atoms with E-state index in [1.54, 1.807) is 12.4 Å². The molecule has 0 aromatic rings. The van der Waals surface area contributed by atoms with Gasteiger partial charge in [-0.2, -0.15) is 0 Å². The van der Waals surface area contributed by atoms with Gasteiger partial charge in [-0.3, -0.25) is 4.79 Å². The van der Waals surface area contributed by atoms with Crippen LogP contribution in [0.4, 0.5) is 0 Å². The minimum atomic E-state index is -0.496. The van der Waals surface area contributed by atoms with Crippen molar-refractivity contribution in [3.05, 3.63) is 46.7 Å². The zero-order valence-corrected chi connectivity index (χ0v) is 14.7. The predicted octanol–water partition coefficient (Wildman–Crippen LogP) is 1.43. The quantitative estimate of drug-likeness (QED) is 0.261. The minimum Gasteiger partial charge on any atom is -0.386 e. The molecule has 6 N–H and O–H groups in total. The fraction of sp³-hybridized carbons (Fsp3) is 0.389. The lowest BCUT2D eigenvalue weighted by molar-refractivity contribution is -0.114. The van der Waals surface area contributed by atoms with Gasteiger partial charge in [0.05, 0.1) is 5.57 Å². The number of allylic oxidation sites excluding steroid dienone is 2. The van der Waals surface area contributed by atoms with Crippen molar-refractivity contribution in [1.29, 1.82) is 5.41 Å². The summed E-state index contributed by atoms with van der Waals surface area (Å²) < 4.78 is 0. The van der Waals surface area contributed by atoms with E-state index in [1.807, 2.05) is 26.1 Å². The standard InChI is InChI=1S/C18H26N6O/c1-3-16(24-14-5-4-6-14)15(17(20)25)11-21-10-13(7-19)18-22-8-12(2)9-23-18/h3,7-9,11,14,19,21-22,24H,4-6,10H2,1-2H3,(H2,20,25)/b15-11+,16-3+,18-13-,19-7?. The van der Waals surface area contributed by atoms with Crippen LogP contribution in [0, 0.1) is 5.41 Å². The maximum absolute atomic E-state index is 11.8. The first-order valence-electron chi connectivity index (χ1n) is 8.42. The Balaban J connectivity index is 2.05. The molecule has 1 heterocycles. The molecule has 2 aliphatic rings. The summed E-state index contributed by atoms with van der Waals surface area (Å²) in [6, 6.07) is 0.406. The lowest BCUT2D eigenvalue weighted by atomic mass is 9.92. The van der Waals surface area contributed by atoms with Crippen LogP contribution in [0.1, 0.15) is 33.1 Å². The maximum Gasteiger partial charge on any atom is 0.252 e. The molecular weight excluding hydrogens is 316 g/mol. The molecule has 7 nitrogen and oxygen atoms in total. The highest BCUT2D eigenvalue weighted by Gasteiger charge is 2.20. The zero-order valence-electron chi connectivity index (χ0n) is 14.7. The third-order valence-corrected chi connectivity index (χ3v) is 4.16. The maximum atomic E-state index is 11.8. The Morgan fingerprint density at radius 3 is 2.76 bits per heavy atom. The van der Waals surface area contributed by atoms with Gasteiger partial charge < -0.3 is 27.1 Å². The van der Waals surface area contributed by atoms with Crippen LogP contribution in [0.25, 0.3) is 0 Å². The highest BCUT2D eigenvalue weighted by Crippen LogP contribution is 2.21. The first kappa shape index (κ1) is 18.5. The number of rotatable bonds is 8. The molecule has 0 atom stereocenters. The predicted molar refractivity (Wildman–Crippen MR) is 101 cm³/mol. The van der Waals surface area contributed by atoms with Gasteiger partial charge in [-0.25, -0.2) is 4.99 Å². The summed E-state index contributed by atoms with van der Waals surface area (Å²) in [4.78, 5) is 16.1. The van der Waals surface area contributed by atoms with Crippen molar-refractivity contribution >= 4 is 18.3 Å². The van der Waals surface area contributed by atoms with Gasteiger partial charge in [0.25, 0.3) is 5.91 Å². The first-order valence-corrected chi connectivity index (χ1v) is 8.42. The van der Waals surface area contributed by atoms with Crippen molar-refractivity contribution in [2.24, 2.45) is 10.7 Å². The molecule has 1 aliphatic carbocycles. The van der Waals surface area contributed by atoms with Crippen molar-refractivity contribution in [2.75, 3.05) is 6.54 Å². The third-order valence-electron chi connectivity index (χ3n) is 4.16. The van der Waals surface area contributed by atoms with Gasteiger partial charge in [-0.1, -0.05) is 6.08 Å². The molecule has 0 bridgehead atoms. The van der Waals surface area contributed by atoms with Gasteiger partial charge in [0.1, 0.15) is 5.82 Å². The molecule has 1 aliphatic heterocycles. The van der Waals surface area contributed by atoms with Gasteiger partial charge in [0, 0.05) is 48.7 Å². The highest BCUT2D eigenvalue weighted by molar-refractivity contribution is 5.96. The number of hydrogen-bond acceptors (Lipinski definition) is 6. The van der Waals surface area contributed by atoms with Gasteiger partial charge in [0.2, 0.25) is 0 Å². The average molecular weight is 342 g/mol. The Bertz CT molecular complexity index is 680. The summed E-state index contributed by atoms with van der Waals surface area (Å²) in [6.07, 6.45) is 11.7. The number of hydrogen-bond donors (Lipinski definition) is 5. The number of nitrogens with one attached hydrogen (secondary N) is 4. The fourth-order valence-corrected chi connectivity index (χ4v) is 2.44. The second-order valence-corrected chi connectivity index (χ2v) is 6.09. The van der Waals surface area contributed by atoms with Crippen molar-refractivity contribution in [2.45, 2.75) is 39.2 Å². The number of carbonyl (C=O) groups is 1. The summed E-state index contributed by atoms with van der Waals surface area (Å²) in [5.74, 6) is 0.116. The van der Waals surface area contributed by atoms with E-state index in [0.717, 1.165) is 24.1 Å². The molecule has 1 amide bonds.